The number of benzene rings is 1. The van der Waals surface area contributed by atoms with E-state index in [4.69, 9.17) is 0 Å². The maximum Gasteiger partial charge on any atom is 0.420 e. The van der Waals surface area contributed by atoms with Gasteiger partial charge in [0.2, 0.25) is 0 Å². The van der Waals surface area contributed by atoms with Gasteiger partial charge in [0.1, 0.15) is 5.75 Å². The lowest BCUT2D eigenvalue weighted by molar-refractivity contribution is -0.138. The SMILES string of the molecule is COc1cc(C)c(Br)cc1C(F)(F)F. The fraction of sp³-hybridized carbons (Fsp3) is 0.333. The van der Waals surface area contributed by atoms with Crippen molar-refractivity contribution in [3.05, 3.63) is 27.7 Å². The summed E-state index contributed by atoms with van der Waals surface area (Å²) in [6.45, 7) is 1.70. The minimum absolute atomic E-state index is 0.154. The molecular formula is C9H8BrF3O. The zero-order valence-corrected chi connectivity index (χ0v) is 9.16. The molecule has 5 heteroatoms. The average molecular weight is 269 g/mol. The maximum atomic E-state index is 12.4. The Morgan fingerprint density at radius 2 is 1.86 bits per heavy atom. The van der Waals surface area contributed by atoms with Crippen molar-refractivity contribution in [1.29, 1.82) is 0 Å². The van der Waals surface area contributed by atoms with Crippen LogP contribution in [0.15, 0.2) is 16.6 Å². The Balaban J connectivity index is 3.35. The van der Waals surface area contributed by atoms with Crippen molar-refractivity contribution in [2.45, 2.75) is 13.1 Å². The summed E-state index contributed by atoms with van der Waals surface area (Å²) in [5.41, 5.74) is -0.0627. The van der Waals surface area contributed by atoms with E-state index in [1.165, 1.54) is 13.2 Å². The Kier molecular flexibility index (Phi) is 3.09. The quantitative estimate of drug-likeness (QED) is 0.753. The first kappa shape index (κ1) is 11.4. The second kappa shape index (κ2) is 3.81. The van der Waals surface area contributed by atoms with E-state index in [0.717, 1.165) is 6.07 Å². The molecule has 0 aliphatic carbocycles. The Morgan fingerprint density at radius 1 is 1.29 bits per heavy atom. The molecule has 1 aromatic rings. The van der Waals surface area contributed by atoms with Gasteiger partial charge in [-0.25, -0.2) is 0 Å². The molecule has 0 aliphatic heterocycles. The van der Waals surface area contributed by atoms with Gasteiger partial charge in [-0.15, -0.1) is 0 Å². The molecule has 78 valence electrons. The normalized spacial score (nSPS) is 11.6. The lowest BCUT2D eigenvalue weighted by atomic mass is 10.1. The highest BCUT2D eigenvalue weighted by atomic mass is 79.9. The van der Waals surface area contributed by atoms with Gasteiger partial charge < -0.3 is 4.74 Å². The molecule has 0 unspecified atom stereocenters. The minimum atomic E-state index is -4.39. The summed E-state index contributed by atoms with van der Waals surface area (Å²) in [7, 11) is 1.22. The third-order valence-electron chi connectivity index (χ3n) is 1.79. The fourth-order valence-electron chi connectivity index (χ4n) is 1.05. The van der Waals surface area contributed by atoms with Gasteiger partial charge in [-0.3, -0.25) is 0 Å². The van der Waals surface area contributed by atoms with Crippen molar-refractivity contribution < 1.29 is 17.9 Å². The molecule has 0 aromatic heterocycles. The zero-order chi connectivity index (χ0) is 10.9. The molecule has 1 nitrogen and oxygen atoms in total. The molecule has 0 aliphatic rings. The third-order valence-corrected chi connectivity index (χ3v) is 2.64. The van der Waals surface area contributed by atoms with Crippen molar-refractivity contribution in [3.8, 4) is 5.75 Å². The van der Waals surface area contributed by atoms with Crippen LogP contribution in [0.5, 0.6) is 5.75 Å². The van der Waals surface area contributed by atoms with Crippen LogP contribution in [0, 0.1) is 6.92 Å². The molecule has 0 amide bonds. The second-order valence-corrected chi connectivity index (χ2v) is 3.65. The summed E-state index contributed by atoms with van der Waals surface area (Å²) in [5, 5.41) is 0. The molecule has 0 N–H and O–H groups in total. The lowest BCUT2D eigenvalue weighted by Crippen LogP contribution is -2.07. The molecule has 1 rings (SSSR count). The first-order chi connectivity index (χ1) is 6.36. The maximum absolute atomic E-state index is 12.4. The van der Waals surface area contributed by atoms with E-state index in [0.29, 0.717) is 10.0 Å². The number of ether oxygens (including phenoxy) is 1. The molecule has 0 saturated heterocycles. The number of rotatable bonds is 1. The highest BCUT2D eigenvalue weighted by Crippen LogP contribution is 2.38. The number of alkyl halides is 3. The Labute approximate surface area is 88.0 Å². The van der Waals surface area contributed by atoms with E-state index >= 15 is 0 Å². The van der Waals surface area contributed by atoms with E-state index in [1.54, 1.807) is 6.92 Å². The number of hydrogen-bond donors (Lipinski definition) is 0. The van der Waals surface area contributed by atoms with Crippen LogP contribution in [0.1, 0.15) is 11.1 Å². The van der Waals surface area contributed by atoms with Gasteiger partial charge in [0.15, 0.2) is 0 Å². The molecule has 0 spiro atoms. The van der Waals surface area contributed by atoms with Crippen LogP contribution in [0.4, 0.5) is 13.2 Å². The Morgan fingerprint density at radius 3 is 2.29 bits per heavy atom. The van der Waals surface area contributed by atoms with Crippen LogP contribution >= 0.6 is 15.9 Å². The van der Waals surface area contributed by atoms with Crippen LogP contribution in [0.25, 0.3) is 0 Å². The van der Waals surface area contributed by atoms with Gasteiger partial charge in [-0.05, 0) is 24.6 Å². The van der Waals surface area contributed by atoms with E-state index in [2.05, 4.69) is 20.7 Å². The van der Waals surface area contributed by atoms with Crippen molar-refractivity contribution in [2.75, 3.05) is 7.11 Å². The largest absolute Gasteiger partial charge is 0.496 e. The Hall–Kier alpha value is -0.710. The van der Waals surface area contributed by atoms with Crippen LogP contribution < -0.4 is 4.74 Å². The van der Waals surface area contributed by atoms with Crippen LogP contribution in [0.3, 0.4) is 0 Å². The molecule has 0 radical (unpaired) electrons. The minimum Gasteiger partial charge on any atom is -0.496 e. The number of halogens is 4. The number of methoxy groups -OCH3 is 1. The molecule has 1 aromatic carbocycles. The number of aryl methyl sites for hydroxylation is 1. The standard InChI is InChI=1S/C9H8BrF3O/c1-5-3-8(14-2)6(4-7(5)10)9(11,12)13/h3-4H,1-2H3. The fourth-order valence-corrected chi connectivity index (χ4v) is 1.39. The van der Waals surface area contributed by atoms with E-state index in [-0.39, 0.29) is 5.75 Å². The van der Waals surface area contributed by atoms with Gasteiger partial charge in [0.25, 0.3) is 0 Å². The first-order valence-electron chi connectivity index (χ1n) is 3.77. The molecule has 0 fully saturated rings. The summed E-state index contributed by atoms with van der Waals surface area (Å²) in [6.07, 6.45) is -4.39. The summed E-state index contributed by atoms with van der Waals surface area (Å²) in [6, 6.07) is 2.38. The summed E-state index contributed by atoms with van der Waals surface area (Å²) in [4.78, 5) is 0. The van der Waals surface area contributed by atoms with Crippen molar-refractivity contribution in [3.63, 3.8) is 0 Å². The van der Waals surface area contributed by atoms with Gasteiger partial charge >= 0.3 is 6.18 Å². The zero-order valence-electron chi connectivity index (χ0n) is 7.57. The third kappa shape index (κ3) is 2.20. The van der Waals surface area contributed by atoms with Crippen molar-refractivity contribution in [2.24, 2.45) is 0 Å². The molecule has 0 atom stereocenters. The molecule has 14 heavy (non-hydrogen) atoms. The summed E-state index contributed by atoms with van der Waals surface area (Å²) in [5.74, 6) is -0.154. The predicted molar refractivity (Wildman–Crippen MR) is 50.4 cm³/mol. The molecular weight excluding hydrogens is 261 g/mol. The Bertz CT molecular complexity index is 347. The lowest BCUT2D eigenvalue weighted by Gasteiger charge is -2.13. The van der Waals surface area contributed by atoms with Crippen LogP contribution in [-0.2, 0) is 6.18 Å². The first-order valence-corrected chi connectivity index (χ1v) is 4.57. The van der Waals surface area contributed by atoms with E-state index in [9.17, 15) is 13.2 Å². The summed E-state index contributed by atoms with van der Waals surface area (Å²) < 4.78 is 42.4. The van der Waals surface area contributed by atoms with E-state index < -0.39 is 11.7 Å². The van der Waals surface area contributed by atoms with Crippen LogP contribution in [-0.4, -0.2) is 7.11 Å². The molecule has 0 bridgehead atoms. The second-order valence-electron chi connectivity index (χ2n) is 2.80. The molecule has 0 saturated carbocycles. The van der Waals surface area contributed by atoms with Gasteiger partial charge in [0.05, 0.1) is 12.7 Å². The van der Waals surface area contributed by atoms with Crippen LogP contribution in [0.2, 0.25) is 0 Å². The highest BCUT2D eigenvalue weighted by molar-refractivity contribution is 9.10. The monoisotopic (exact) mass is 268 g/mol. The summed E-state index contributed by atoms with van der Waals surface area (Å²) >= 11 is 3.05. The van der Waals surface area contributed by atoms with Gasteiger partial charge in [0, 0.05) is 4.47 Å². The van der Waals surface area contributed by atoms with Crippen molar-refractivity contribution in [1.82, 2.24) is 0 Å². The van der Waals surface area contributed by atoms with Gasteiger partial charge in [-0.2, -0.15) is 13.2 Å². The van der Waals surface area contributed by atoms with Crippen molar-refractivity contribution >= 4 is 15.9 Å². The van der Waals surface area contributed by atoms with Gasteiger partial charge in [-0.1, -0.05) is 15.9 Å². The average Bonchev–Trinajstić information content (AvgIpc) is 2.07. The topological polar surface area (TPSA) is 9.23 Å². The smallest absolute Gasteiger partial charge is 0.420 e. The van der Waals surface area contributed by atoms with E-state index in [1.807, 2.05) is 0 Å². The highest BCUT2D eigenvalue weighted by Gasteiger charge is 2.34. The number of hydrogen-bond acceptors (Lipinski definition) is 1. The molecule has 0 heterocycles. The predicted octanol–water partition coefficient (Wildman–Crippen LogP) is 3.78.